The Morgan fingerprint density at radius 1 is 1.21 bits per heavy atom. The largest absolute Gasteiger partial charge is 0.494 e. The van der Waals surface area contributed by atoms with Gasteiger partial charge in [-0.2, -0.15) is 0 Å². The summed E-state index contributed by atoms with van der Waals surface area (Å²) in [5, 5.41) is 0. The molecule has 6 heteroatoms. The van der Waals surface area contributed by atoms with Gasteiger partial charge in [0.25, 0.3) is 0 Å². The van der Waals surface area contributed by atoms with E-state index in [9.17, 15) is 4.79 Å². The van der Waals surface area contributed by atoms with Gasteiger partial charge in [0.05, 0.1) is 5.60 Å². The molecule has 0 N–H and O–H groups in total. The molecule has 3 nitrogen and oxygen atoms in total. The van der Waals surface area contributed by atoms with E-state index in [1.807, 2.05) is 0 Å². The Labute approximate surface area is 120 Å². The third-order valence-electron chi connectivity index (χ3n) is 4.80. The first-order valence-electron chi connectivity index (χ1n) is 6.83. The molecule has 1 aliphatic heterocycles. The van der Waals surface area contributed by atoms with E-state index in [0.29, 0.717) is 5.57 Å². The minimum atomic E-state index is -2.47. The SMILES string of the molecule is C=C(C)C(=O)O[Si]1(C)OC(C)(C)C[Si](C)(C)[Si]1(C)C. The highest BCUT2D eigenvalue weighted by Crippen LogP contribution is 2.44. The van der Waals surface area contributed by atoms with E-state index in [1.54, 1.807) is 6.92 Å². The van der Waals surface area contributed by atoms with Crippen molar-refractivity contribution in [3.63, 3.8) is 0 Å². The number of rotatable bonds is 2. The van der Waals surface area contributed by atoms with Crippen LogP contribution < -0.4 is 0 Å². The van der Waals surface area contributed by atoms with Gasteiger partial charge >= 0.3 is 14.0 Å². The fourth-order valence-corrected chi connectivity index (χ4v) is 30.9. The maximum absolute atomic E-state index is 12.0. The zero-order valence-electron chi connectivity index (χ0n) is 13.6. The van der Waals surface area contributed by atoms with E-state index in [2.05, 4.69) is 53.2 Å². The highest BCUT2D eigenvalue weighted by atomic mass is 29.7. The highest BCUT2D eigenvalue weighted by molar-refractivity contribution is 7.66. The number of hydrogen-bond acceptors (Lipinski definition) is 3. The van der Waals surface area contributed by atoms with Gasteiger partial charge in [-0.25, -0.2) is 4.79 Å². The van der Waals surface area contributed by atoms with Crippen LogP contribution in [-0.2, 0) is 13.6 Å². The van der Waals surface area contributed by atoms with Crippen LogP contribution in [0.3, 0.4) is 0 Å². The van der Waals surface area contributed by atoms with E-state index in [4.69, 9.17) is 8.85 Å². The van der Waals surface area contributed by atoms with Crippen molar-refractivity contribution in [3.8, 4) is 0 Å². The van der Waals surface area contributed by atoms with Crippen molar-refractivity contribution < 1.29 is 13.6 Å². The Bertz CT molecular complexity index is 415. The van der Waals surface area contributed by atoms with E-state index in [1.165, 1.54) is 0 Å². The predicted molar refractivity (Wildman–Crippen MR) is 87.5 cm³/mol. The molecule has 19 heavy (non-hydrogen) atoms. The van der Waals surface area contributed by atoms with E-state index < -0.39 is 22.8 Å². The molecule has 1 saturated heterocycles. The summed E-state index contributed by atoms with van der Waals surface area (Å²) in [7, 11) is -5.59. The van der Waals surface area contributed by atoms with E-state index >= 15 is 0 Å². The summed E-state index contributed by atoms with van der Waals surface area (Å²) in [6.07, 6.45) is 0. The van der Waals surface area contributed by atoms with Crippen LogP contribution in [0.4, 0.5) is 0 Å². The zero-order chi connectivity index (χ0) is 15.3. The molecular weight excluding hydrogens is 288 g/mol. The second-order valence-electron chi connectivity index (χ2n) is 7.66. The normalized spacial score (nSPS) is 31.6. The number of carbonyl (C=O) groups excluding carboxylic acids is 1. The molecular formula is C13H28O3Si3. The molecule has 1 aliphatic rings. The fraction of sp³-hybridized carbons (Fsp3) is 0.769. The topological polar surface area (TPSA) is 35.5 Å². The molecule has 0 amide bonds. The molecule has 0 aliphatic carbocycles. The van der Waals surface area contributed by atoms with Crippen molar-refractivity contribution in [2.75, 3.05) is 0 Å². The third-order valence-corrected chi connectivity index (χ3v) is 42.0. The summed E-state index contributed by atoms with van der Waals surface area (Å²) < 4.78 is 12.3. The number of hydrogen-bond donors (Lipinski definition) is 0. The average molecular weight is 317 g/mol. The van der Waals surface area contributed by atoms with Crippen LogP contribution in [-0.4, -0.2) is 34.3 Å². The summed E-state index contributed by atoms with van der Waals surface area (Å²) in [6.45, 7) is 21.3. The highest BCUT2D eigenvalue weighted by Gasteiger charge is 2.66. The predicted octanol–water partition coefficient (Wildman–Crippen LogP) is 3.56. The van der Waals surface area contributed by atoms with Gasteiger partial charge in [0.1, 0.15) is 7.11 Å². The lowest BCUT2D eigenvalue weighted by Gasteiger charge is -2.56. The summed E-state index contributed by atoms with van der Waals surface area (Å²) in [5.41, 5.74) is 0.291. The van der Waals surface area contributed by atoms with Crippen LogP contribution in [0.15, 0.2) is 12.2 Å². The van der Waals surface area contributed by atoms with Crippen molar-refractivity contribution in [1.29, 1.82) is 0 Å². The van der Waals surface area contributed by atoms with Gasteiger partial charge in [-0.15, -0.1) is 0 Å². The lowest BCUT2D eigenvalue weighted by molar-refractivity contribution is -0.132. The van der Waals surface area contributed by atoms with Gasteiger partial charge in [0.2, 0.25) is 0 Å². The van der Waals surface area contributed by atoms with Crippen LogP contribution in [0.2, 0.25) is 38.8 Å². The summed E-state index contributed by atoms with van der Waals surface area (Å²) in [4.78, 5) is 12.0. The quantitative estimate of drug-likeness (QED) is 0.577. The van der Waals surface area contributed by atoms with Crippen molar-refractivity contribution >= 4 is 28.7 Å². The molecule has 0 aromatic rings. The molecule has 0 aromatic carbocycles. The van der Waals surface area contributed by atoms with Gasteiger partial charge < -0.3 is 8.85 Å². The second-order valence-corrected chi connectivity index (χ2v) is 33.1. The maximum atomic E-state index is 12.0. The van der Waals surface area contributed by atoms with E-state index in [0.717, 1.165) is 6.04 Å². The van der Waals surface area contributed by atoms with Gasteiger partial charge in [0.15, 0.2) is 0 Å². The Morgan fingerprint density at radius 2 is 1.68 bits per heavy atom. The molecule has 110 valence electrons. The molecule has 1 unspecified atom stereocenters. The molecule has 1 atom stereocenters. The van der Waals surface area contributed by atoms with Gasteiger partial charge in [-0.1, -0.05) is 32.8 Å². The molecule has 0 saturated carbocycles. The zero-order valence-corrected chi connectivity index (χ0v) is 16.6. The monoisotopic (exact) mass is 316 g/mol. The Morgan fingerprint density at radius 3 is 2.11 bits per heavy atom. The lowest BCUT2D eigenvalue weighted by atomic mass is 10.2. The standard InChI is InChI=1S/C13H28O3Si3/c1-11(2)12(14)15-19(9)16-13(3,4)10-17(5,6)18(19,7)8/h1,10H2,2-9H3. The Balaban J connectivity index is 3.21. The average Bonchev–Trinajstić information content (AvgIpc) is 2.11. The molecule has 0 aromatic heterocycles. The van der Waals surface area contributed by atoms with Gasteiger partial charge in [0, 0.05) is 13.2 Å². The minimum Gasteiger partial charge on any atom is -0.494 e. The fourth-order valence-electron chi connectivity index (χ4n) is 3.00. The molecule has 1 rings (SSSR count). The van der Waals surface area contributed by atoms with Crippen LogP contribution in [0.1, 0.15) is 20.8 Å². The third kappa shape index (κ3) is 2.96. The van der Waals surface area contributed by atoms with Crippen molar-refractivity contribution in [2.24, 2.45) is 0 Å². The first-order chi connectivity index (χ1) is 8.24. The molecule has 0 spiro atoms. The Hall–Kier alpha value is -0.179. The summed E-state index contributed by atoms with van der Waals surface area (Å²) >= 11 is 0. The lowest BCUT2D eigenvalue weighted by Crippen LogP contribution is -2.80. The number of carbonyl (C=O) groups is 1. The maximum Gasteiger partial charge on any atom is 0.371 e. The van der Waals surface area contributed by atoms with Crippen LogP contribution >= 0.6 is 0 Å². The summed E-state index contributed by atoms with van der Waals surface area (Å²) in [5.74, 6) is -0.280. The molecule has 0 radical (unpaired) electrons. The first kappa shape index (κ1) is 16.9. The van der Waals surface area contributed by atoms with Crippen LogP contribution in [0.5, 0.6) is 0 Å². The first-order valence-corrected chi connectivity index (χ1v) is 17.4. The van der Waals surface area contributed by atoms with Gasteiger partial charge in [-0.3, -0.25) is 0 Å². The molecule has 0 bridgehead atoms. The van der Waals surface area contributed by atoms with Crippen molar-refractivity contribution in [3.05, 3.63) is 12.2 Å². The van der Waals surface area contributed by atoms with Crippen LogP contribution in [0, 0.1) is 0 Å². The second kappa shape index (κ2) is 4.68. The minimum absolute atomic E-state index is 0.172. The molecule has 1 heterocycles. The van der Waals surface area contributed by atoms with E-state index in [-0.39, 0.29) is 11.6 Å². The van der Waals surface area contributed by atoms with Crippen LogP contribution in [0.25, 0.3) is 0 Å². The summed E-state index contributed by atoms with van der Waals surface area (Å²) in [6, 6.07) is 1.15. The Kier molecular flexibility index (Phi) is 4.16. The van der Waals surface area contributed by atoms with Crippen molar-refractivity contribution in [1.82, 2.24) is 0 Å². The smallest absolute Gasteiger partial charge is 0.371 e. The molecule has 1 fully saturated rings. The van der Waals surface area contributed by atoms with Crippen molar-refractivity contribution in [2.45, 2.75) is 65.2 Å². The van der Waals surface area contributed by atoms with Gasteiger partial charge in [-0.05, 0) is 33.4 Å².